The van der Waals surface area contributed by atoms with Gasteiger partial charge in [-0.05, 0) is 13.0 Å². The second-order valence-electron chi connectivity index (χ2n) is 5.08. The van der Waals surface area contributed by atoms with Crippen LogP contribution in [0.25, 0.3) is 0 Å². The number of anilines is 1. The lowest BCUT2D eigenvalue weighted by Gasteiger charge is -2.09. The molecule has 0 atom stereocenters. The summed E-state index contributed by atoms with van der Waals surface area (Å²) < 4.78 is 44.0. The molecule has 0 saturated carbocycles. The van der Waals surface area contributed by atoms with E-state index in [2.05, 4.69) is 10.4 Å². The van der Waals surface area contributed by atoms with Crippen molar-refractivity contribution in [2.24, 2.45) is 7.05 Å². The highest BCUT2D eigenvalue weighted by Crippen LogP contribution is 2.30. The normalized spacial score (nSPS) is 11.4. The number of hydrogen-bond donors (Lipinski definition) is 1. The number of benzene rings is 1. The Morgan fingerprint density at radius 2 is 2.04 bits per heavy atom. The summed E-state index contributed by atoms with van der Waals surface area (Å²) in [4.78, 5) is 12.0. The molecule has 0 aliphatic carbocycles. The first-order valence-electron chi connectivity index (χ1n) is 6.75. The van der Waals surface area contributed by atoms with Crippen LogP contribution in [0, 0.1) is 6.92 Å². The van der Waals surface area contributed by atoms with Crippen LogP contribution in [0.5, 0.6) is 5.75 Å². The molecule has 1 N–H and O–H groups in total. The minimum Gasteiger partial charge on any atom is -0.496 e. The molecule has 0 aliphatic heterocycles. The number of ether oxygens (including phenoxy) is 1. The van der Waals surface area contributed by atoms with E-state index in [0.717, 1.165) is 11.6 Å². The zero-order valence-corrected chi connectivity index (χ0v) is 12.9. The van der Waals surface area contributed by atoms with Gasteiger partial charge in [0.2, 0.25) is 5.91 Å². The number of carbonyl (C=O) groups excluding carboxylic acids is 1. The zero-order valence-electron chi connectivity index (χ0n) is 12.9. The molecule has 2 aromatic rings. The van der Waals surface area contributed by atoms with E-state index in [1.165, 1.54) is 14.2 Å². The molecule has 0 saturated heterocycles. The molecular weight excluding hydrogens is 311 g/mol. The van der Waals surface area contributed by atoms with Crippen LogP contribution in [0.4, 0.5) is 19.0 Å². The topological polar surface area (TPSA) is 56.1 Å². The van der Waals surface area contributed by atoms with Crippen LogP contribution in [-0.4, -0.2) is 22.8 Å². The van der Waals surface area contributed by atoms with Crippen LogP contribution >= 0.6 is 0 Å². The van der Waals surface area contributed by atoms with Crippen molar-refractivity contribution in [3.63, 3.8) is 0 Å². The van der Waals surface area contributed by atoms with E-state index in [4.69, 9.17) is 4.74 Å². The van der Waals surface area contributed by atoms with Gasteiger partial charge in [0.15, 0.2) is 5.82 Å². The molecule has 0 aliphatic rings. The Labute approximate surface area is 131 Å². The van der Waals surface area contributed by atoms with Crippen molar-refractivity contribution in [1.29, 1.82) is 0 Å². The Morgan fingerprint density at radius 1 is 1.35 bits per heavy atom. The average molecular weight is 327 g/mol. The van der Waals surface area contributed by atoms with Crippen LogP contribution < -0.4 is 10.1 Å². The second-order valence-corrected chi connectivity index (χ2v) is 5.08. The Bertz CT molecular complexity index is 723. The Kier molecular flexibility index (Phi) is 4.63. The molecule has 0 unspecified atom stereocenters. The van der Waals surface area contributed by atoms with Gasteiger partial charge in [-0.25, -0.2) is 0 Å². The maximum Gasteiger partial charge on any atom is 0.433 e. The van der Waals surface area contributed by atoms with Gasteiger partial charge in [-0.3, -0.25) is 9.48 Å². The summed E-state index contributed by atoms with van der Waals surface area (Å²) in [6.45, 7) is 1.87. The highest BCUT2D eigenvalue weighted by Gasteiger charge is 2.35. The van der Waals surface area contributed by atoms with Crippen molar-refractivity contribution < 1.29 is 22.7 Å². The van der Waals surface area contributed by atoms with Gasteiger partial charge < -0.3 is 10.1 Å². The summed E-state index contributed by atoms with van der Waals surface area (Å²) in [5.74, 6) is -0.0695. The van der Waals surface area contributed by atoms with Crippen molar-refractivity contribution in [3.8, 4) is 5.75 Å². The van der Waals surface area contributed by atoms with E-state index in [-0.39, 0.29) is 12.2 Å². The van der Waals surface area contributed by atoms with Gasteiger partial charge in [0.05, 0.1) is 13.5 Å². The number of aryl methyl sites for hydroxylation is 2. The van der Waals surface area contributed by atoms with Crippen LogP contribution in [0.3, 0.4) is 0 Å². The van der Waals surface area contributed by atoms with Gasteiger partial charge in [-0.2, -0.15) is 18.3 Å². The molecule has 1 aromatic heterocycles. The van der Waals surface area contributed by atoms with Gasteiger partial charge >= 0.3 is 6.18 Å². The summed E-state index contributed by atoms with van der Waals surface area (Å²) in [6.07, 6.45) is -4.55. The summed E-state index contributed by atoms with van der Waals surface area (Å²) in [6, 6.07) is 6.17. The molecule has 5 nitrogen and oxygen atoms in total. The van der Waals surface area contributed by atoms with Crippen molar-refractivity contribution in [2.45, 2.75) is 19.5 Å². The fraction of sp³-hybridized carbons (Fsp3) is 0.333. The molecule has 1 amide bonds. The number of carbonyl (C=O) groups is 1. The first kappa shape index (κ1) is 16.9. The van der Waals surface area contributed by atoms with Crippen molar-refractivity contribution in [3.05, 3.63) is 41.1 Å². The van der Waals surface area contributed by atoms with E-state index in [9.17, 15) is 18.0 Å². The fourth-order valence-corrected chi connectivity index (χ4v) is 2.20. The van der Waals surface area contributed by atoms with E-state index in [0.29, 0.717) is 16.0 Å². The molecule has 0 radical (unpaired) electrons. The molecule has 8 heteroatoms. The number of halogens is 3. The van der Waals surface area contributed by atoms with Crippen LogP contribution in [0.2, 0.25) is 0 Å². The minimum atomic E-state index is -4.52. The molecular formula is C15H16F3N3O2. The lowest BCUT2D eigenvalue weighted by Crippen LogP contribution is -2.15. The zero-order chi connectivity index (χ0) is 17.2. The number of hydrogen-bond acceptors (Lipinski definition) is 3. The number of rotatable bonds is 4. The van der Waals surface area contributed by atoms with Gasteiger partial charge in [0.25, 0.3) is 0 Å². The minimum absolute atomic E-state index is 0.0250. The third kappa shape index (κ3) is 4.02. The molecule has 23 heavy (non-hydrogen) atoms. The van der Waals surface area contributed by atoms with Gasteiger partial charge in [-0.1, -0.05) is 17.7 Å². The lowest BCUT2D eigenvalue weighted by atomic mass is 10.1. The van der Waals surface area contributed by atoms with E-state index in [1.54, 1.807) is 12.1 Å². The number of aromatic nitrogens is 2. The quantitative estimate of drug-likeness (QED) is 0.939. The average Bonchev–Trinajstić information content (AvgIpc) is 2.79. The summed E-state index contributed by atoms with van der Waals surface area (Å²) >= 11 is 0. The Hall–Kier alpha value is -2.51. The van der Waals surface area contributed by atoms with E-state index >= 15 is 0 Å². The molecule has 124 valence electrons. The summed E-state index contributed by atoms with van der Waals surface area (Å²) in [7, 11) is 2.66. The summed E-state index contributed by atoms with van der Waals surface area (Å²) in [5.41, 5.74) is 0.670. The number of nitrogens with zero attached hydrogens (tertiary/aromatic N) is 2. The first-order valence-corrected chi connectivity index (χ1v) is 6.75. The highest BCUT2D eigenvalue weighted by atomic mass is 19.4. The number of alkyl halides is 3. The number of methoxy groups -OCH3 is 1. The smallest absolute Gasteiger partial charge is 0.433 e. The number of amides is 1. The fourth-order valence-electron chi connectivity index (χ4n) is 2.20. The maximum absolute atomic E-state index is 12.7. The lowest BCUT2D eigenvalue weighted by molar-refractivity contribution is -0.143. The predicted octanol–water partition coefficient (Wildman–Crippen LogP) is 2.94. The van der Waals surface area contributed by atoms with Gasteiger partial charge in [-0.15, -0.1) is 0 Å². The molecule has 1 heterocycles. The third-order valence-corrected chi connectivity index (χ3v) is 3.22. The van der Waals surface area contributed by atoms with E-state index in [1.807, 2.05) is 13.0 Å². The van der Waals surface area contributed by atoms with Crippen molar-refractivity contribution in [1.82, 2.24) is 9.78 Å². The molecule has 0 spiro atoms. The second kappa shape index (κ2) is 6.31. The maximum atomic E-state index is 12.7. The third-order valence-electron chi connectivity index (χ3n) is 3.22. The van der Waals surface area contributed by atoms with Crippen LogP contribution in [-0.2, 0) is 24.4 Å². The number of nitrogens with one attached hydrogen (secondary N) is 1. The predicted molar refractivity (Wildman–Crippen MR) is 78.3 cm³/mol. The van der Waals surface area contributed by atoms with Crippen molar-refractivity contribution >= 4 is 11.7 Å². The molecule has 0 bridgehead atoms. The van der Waals surface area contributed by atoms with Gasteiger partial charge in [0, 0.05) is 18.7 Å². The SMILES string of the molecule is COc1ccc(C)cc1CC(=O)Nc1cc(C(F)(F)F)n(C)n1. The molecule has 2 rings (SSSR count). The van der Waals surface area contributed by atoms with Crippen LogP contribution in [0.15, 0.2) is 24.3 Å². The van der Waals surface area contributed by atoms with E-state index < -0.39 is 17.8 Å². The molecule has 1 aromatic carbocycles. The van der Waals surface area contributed by atoms with Gasteiger partial charge in [0.1, 0.15) is 11.4 Å². The molecule has 0 fully saturated rings. The van der Waals surface area contributed by atoms with Crippen LogP contribution in [0.1, 0.15) is 16.8 Å². The highest BCUT2D eigenvalue weighted by molar-refractivity contribution is 5.91. The first-order chi connectivity index (χ1) is 10.7. The standard InChI is InChI=1S/C15H16F3N3O2/c1-9-4-5-11(23-3)10(6-9)7-14(22)19-13-8-12(15(16,17)18)21(2)20-13/h4-6,8H,7H2,1-3H3,(H,19,20,22). The Balaban J connectivity index is 2.13. The van der Waals surface area contributed by atoms with Crippen molar-refractivity contribution in [2.75, 3.05) is 12.4 Å². The monoisotopic (exact) mass is 327 g/mol. The summed E-state index contributed by atoms with van der Waals surface area (Å²) in [5, 5.41) is 6.02. The Morgan fingerprint density at radius 3 is 2.61 bits per heavy atom. The largest absolute Gasteiger partial charge is 0.496 e.